The zero-order valence-electron chi connectivity index (χ0n) is 39.2. The highest BCUT2D eigenvalue weighted by atomic mass is 16.5. The Balaban J connectivity index is 2.18. The van der Waals surface area contributed by atoms with Crippen molar-refractivity contribution in [2.75, 3.05) is 32.8 Å². The number of rotatable bonds is 43. The van der Waals surface area contributed by atoms with Crippen molar-refractivity contribution in [3.63, 3.8) is 0 Å². The van der Waals surface area contributed by atoms with Gasteiger partial charge in [-0.3, -0.25) is 9.59 Å². The van der Waals surface area contributed by atoms with E-state index < -0.39 is 0 Å². The van der Waals surface area contributed by atoms with E-state index in [1.165, 1.54) is 212 Å². The molecule has 0 unspecified atom stereocenters. The van der Waals surface area contributed by atoms with Gasteiger partial charge in [0.25, 0.3) is 0 Å². The molecular formula is C52H101NO4. The summed E-state index contributed by atoms with van der Waals surface area (Å²) >= 11 is 0. The van der Waals surface area contributed by atoms with Crippen LogP contribution in [0.5, 0.6) is 0 Å². The number of hydrogen-bond acceptors (Lipinski definition) is 5. The number of hydrogen-bond donors (Lipinski definition) is 0. The largest absolute Gasteiger partial charge is 0.466 e. The minimum Gasteiger partial charge on any atom is -0.466 e. The minimum atomic E-state index is 0.0252. The lowest BCUT2D eigenvalue weighted by Crippen LogP contribution is -2.31. The number of carbonyl (C=O) groups is 2. The van der Waals surface area contributed by atoms with Crippen molar-refractivity contribution in [2.45, 2.75) is 272 Å². The van der Waals surface area contributed by atoms with Crippen molar-refractivity contribution in [3.8, 4) is 0 Å². The van der Waals surface area contributed by atoms with Gasteiger partial charge in [0.15, 0.2) is 0 Å². The van der Waals surface area contributed by atoms with Crippen LogP contribution in [0.25, 0.3) is 0 Å². The Morgan fingerprint density at radius 1 is 0.386 bits per heavy atom. The summed E-state index contributed by atoms with van der Waals surface area (Å²) in [7, 11) is 0. The summed E-state index contributed by atoms with van der Waals surface area (Å²) in [6.07, 6.45) is 47.3. The minimum absolute atomic E-state index is 0.0252. The van der Waals surface area contributed by atoms with Crippen LogP contribution in [-0.2, 0) is 19.1 Å². The molecule has 0 aromatic heterocycles. The summed E-state index contributed by atoms with van der Waals surface area (Å²) in [5.74, 6) is 2.38. The van der Waals surface area contributed by atoms with Gasteiger partial charge in [-0.25, -0.2) is 0 Å². The van der Waals surface area contributed by atoms with Crippen LogP contribution in [0, 0.1) is 17.8 Å². The van der Waals surface area contributed by atoms with Crippen LogP contribution in [-0.4, -0.2) is 49.7 Å². The summed E-state index contributed by atoms with van der Waals surface area (Å²) in [6.45, 7) is 14.3. The van der Waals surface area contributed by atoms with Crippen LogP contribution >= 0.6 is 0 Å². The average molecular weight is 804 g/mol. The lowest BCUT2D eigenvalue weighted by atomic mass is 9.91. The first kappa shape index (κ1) is 53.9. The van der Waals surface area contributed by atoms with E-state index in [1.54, 1.807) is 0 Å². The number of piperidine rings is 1. The van der Waals surface area contributed by atoms with Gasteiger partial charge in [0.05, 0.1) is 13.2 Å². The molecule has 0 radical (unpaired) electrons. The molecule has 0 aromatic carbocycles. The maximum Gasteiger partial charge on any atom is 0.305 e. The molecule has 1 saturated heterocycles. The Bertz CT molecular complexity index is 779. The Morgan fingerprint density at radius 3 is 1.07 bits per heavy atom. The molecule has 0 aliphatic carbocycles. The standard InChI is InChI=1S/C52H101NO4/c1-5-9-22-32-49(33-23-10-6-2)41-46-56-51(54)38-28-19-15-13-17-26-36-48(40-45-53-43-30-21-31-44-53)37-27-18-14-16-20-29-39-52(55)57-47-42-50(34-24-11-7-3)35-25-12-8-4/h48-50H,5-47H2,1-4H3. The molecule has 0 saturated carbocycles. The van der Waals surface area contributed by atoms with Gasteiger partial charge in [-0.2, -0.15) is 0 Å². The summed E-state index contributed by atoms with van der Waals surface area (Å²) in [5.41, 5.74) is 0. The first-order valence-electron chi connectivity index (χ1n) is 26.1. The van der Waals surface area contributed by atoms with Crippen molar-refractivity contribution in [1.82, 2.24) is 4.90 Å². The summed E-state index contributed by atoms with van der Waals surface area (Å²) in [4.78, 5) is 27.5. The molecule has 338 valence electrons. The van der Waals surface area contributed by atoms with Gasteiger partial charge in [0.2, 0.25) is 0 Å². The van der Waals surface area contributed by atoms with Gasteiger partial charge in [0.1, 0.15) is 0 Å². The van der Waals surface area contributed by atoms with Crippen molar-refractivity contribution in [3.05, 3.63) is 0 Å². The monoisotopic (exact) mass is 804 g/mol. The van der Waals surface area contributed by atoms with E-state index in [-0.39, 0.29) is 11.9 Å². The highest BCUT2D eigenvalue weighted by Gasteiger charge is 2.15. The maximum atomic E-state index is 12.4. The van der Waals surface area contributed by atoms with Crippen molar-refractivity contribution >= 4 is 11.9 Å². The van der Waals surface area contributed by atoms with E-state index in [0.29, 0.717) is 26.1 Å². The lowest BCUT2D eigenvalue weighted by molar-refractivity contribution is -0.145. The topological polar surface area (TPSA) is 55.8 Å². The third-order valence-electron chi connectivity index (χ3n) is 13.2. The fraction of sp³-hybridized carbons (Fsp3) is 0.962. The zero-order valence-corrected chi connectivity index (χ0v) is 39.2. The predicted octanol–water partition coefficient (Wildman–Crippen LogP) is 16.1. The first-order chi connectivity index (χ1) is 28.0. The van der Waals surface area contributed by atoms with Gasteiger partial charge in [0, 0.05) is 12.8 Å². The van der Waals surface area contributed by atoms with Crippen molar-refractivity contribution in [2.24, 2.45) is 17.8 Å². The first-order valence-corrected chi connectivity index (χ1v) is 26.1. The molecule has 0 amide bonds. The number of carbonyl (C=O) groups excluding carboxylic acids is 2. The zero-order chi connectivity index (χ0) is 41.3. The molecule has 1 fully saturated rings. The normalized spacial score (nSPS) is 13.7. The van der Waals surface area contributed by atoms with Crippen LogP contribution in [0.2, 0.25) is 0 Å². The van der Waals surface area contributed by atoms with E-state index in [4.69, 9.17) is 9.47 Å². The van der Waals surface area contributed by atoms with Crippen LogP contribution in [0.4, 0.5) is 0 Å². The highest BCUT2D eigenvalue weighted by Crippen LogP contribution is 2.25. The quantitative estimate of drug-likeness (QED) is 0.0454. The molecule has 1 rings (SSSR count). The number of nitrogens with zero attached hydrogens (tertiary/aromatic N) is 1. The summed E-state index contributed by atoms with van der Waals surface area (Å²) in [5, 5.41) is 0. The number of likely N-dealkylation sites (tertiary alicyclic amines) is 1. The van der Waals surface area contributed by atoms with Crippen molar-refractivity contribution in [1.29, 1.82) is 0 Å². The second kappa shape index (κ2) is 41.6. The predicted molar refractivity (Wildman–Crippen MR) is 247 cm³/mol. The molecule has 0 bridgehead atoms. The highest BCUT2D eigenvalue weighted by molar-refractivity contribution is 5.69. The smallest absolute Gasteiger partial charge is 0.305 e. The molecule has 1 aliphatic rings. The van der Waals surface area contributed by atoms with E-state index in [1.807, 2.05) is 0 Å². The average Bonchev–Trinajstić information content (AvgIpc) is 3.21. The molecule has 0 N–H and O–H groups in total. The van der Waals surface area contributed by atoms with Gasteiger partial charge in [-0.05, 0) is 82.3 Å². The Kier molecular flexibility index (Phi) is 39.4. The van der Waals surface area contributed by atoms with E-state index in [9.17, 15) is 9.59 Å². The van der Waals surface area contributed by atoms with Crippen LogP contribution < -0.4 is 0 Å². The lowest BCUT2D eigenvalue weighted by Gasteiger charge is -2.28. The van der Waals surface area contributed by atoms with Crippen molar-refractivity contribution < 1.29 is 19.1 Å². The van der Waals surface area contributed by atoms with Gasteiger partial charge in [-0.15, -0.1) is 0 Å². The molecule has 57 heavy (non-hydrogen) atoms. The Morgan fingerprint density at radius 2 is 0.702 bits per heavy atom. The number of ether oxygens (including phenoxy) is 2. The van der Waals surface area contributed by atoms with Gasteiger partial charge < -0.3 is 14.4 Å². The fourth-order valence-corrected chi connectivity index (χ4v) is 9.22. The molecule has 0 aromatic rings. The molecule has 1 aliphatic heterocycles. The number of unbranched alkanes of at least 4 members (excludes halogenated alkanes) is 18. The Hall–Kier alpha value is -1.10. The molecule has 1 heterocycles. The SMILES string of the molecule is CCCCCC(CCCCC)CCOC(=O)CCCCCCCCC(CCCCCCCCC(=O)OCCC(CCCCC)CCCCC)CCN1CCCCC1. The molecule has 0 spiro atoms. The molecule has 5 nitrogen and oxygen atoms in total. The second-order valence-electron chi connectivity index (χ2n) is 18.6. The third kappa shape index (κ3) is 35.4. The second-order valence-corrected chi connectivity index (χ2v) is 18.6. The van der Waals surface area contributed by atoms with Gasteiger partial charge >= 0.3 is 11.9 Å². The van der Waals surface area contributed by atoms with E-state index in [2.05, 4.69) is 32.6 Å². The third-order valence-corrected chi connectivity index (χ3v) is 13.2. The van der Waals surface area contributed by atoms with Gasteiger partial charge in [-0.1, -0.05) is 214 Å². The summed E-state index contributed by atoms with van der Waals surface area (Å²) in [6, 6.07) is 0. The van der Waals surface area contributed by atoms with Crippen LogP contribution in [0.3, 0.4) is 0 Å². The Labute approximate surface area is 357 Å². The maximum absolute atomic E-state index is 12.4. The molecule has 5 heteroatoms. The fourth-order valence-electron chi connectivity index (χ4n) is 9.22. The number of esters is 2. The van der Waals surface area contributed by atoms with Crippen LogP contribution in [0.15, 0.2) is 0 Å². The van der Waals surface area contributed by atoms with E-state index >= 15 is 0 Å². The summed E-state index contributed by atoms with van der Waals surface area (Å²) < 4.78 is 11.4. The van der Waals surface area contributed by atoms with E-state index in [0.717, 1.165) is 56.3 Å². The molecular weight excluding hydrogens is 703 g/mol. The molecule has 0 atom stereocenters. The van der Waals surface area contributed by atoms with Crippen LogP contribution in [0.1, 0.15) is 272 Å².